The van der Waals surface area contributed by atoms with E-state index in [9.17, 15) is 4.79 Å². The summed E-state index contributed by atoms with van der Waals surface area (Å²) in [5.41, 5.74) is 1.40. The first kappa shape index (κ1) is 10.7. The van der Waals surface area contributed by atoms with Crippen molar-refractivity contribution >= 4 is 5.78 Å². The van der Waals surface area contributed by atoms with Gasteiger partial charge in [0, 0.05) is 12.0 Å². The highest BCUT2D eigenvalue weighted by atomic mass is 16.1. The molecule has 0 saturated carbocycles. The molecule has 0 aromatic rings. The predicted molar refractivity (Wildman–Crippen MR) is 55.3 cm³/mol. The van der Waals surface area contributed by atoms with Crippen molar-refractivity contribution < 1.29 is 4.79 Å². The van der Waals surface area contributed by atoms with Crippen LogP contribution in [-0.2, 0) is 4.79 Å². The highest BCUT2D eigenvalue weighted by Crippen LogP contribution is 2.32. The highest BCUT2D eigenvalue weighted by molar-refractivity contribution is 6.06. The number of allylic oxidation sites excluding steroid dienone is 6. The Kier molecular flexibility index (Phi) is 3.00. The first-order valence-corrected chi connectivity index (χ1v) is 4.25. The van der Waals surface area contributed by atoms with Gasteiger partial charge in [0.1, 0.15) is 17.7 Å². The fourth-order valence-electron chi connectivity index (χ4n) is 1.50. The average molecular weight is 196 g/mol. The Morgan fingerprint density at radius 2 is 1.73 bits per heavy atom. The molecule has 0 heterocycles. The van der Waals surface area contributed by atoms with Crippen LogP contribution in [0.4, 0.5) is 0 Å². The molecule has 0 amide bonds. The van der Waals surface area contributed by atoms with Crippen LogP contribution in [0, 0.1) is 22.7 Å². The van der Waals surface area contributed by atoms with Gasteiger partial charge in [0.05, 0.1) is 0 Å². The van der Waals surface area contributed by atoms with E-state index in [1.54, 1.807) is 12.1 Å². The van der Waals surface area contributed by atoms with Gasteiger partial charge in [-0.15, -0.1) is 0 Å². The molecule has 0 spiro atoms. The van der Waals surface area contributed by atoms with Crippen LogP contribution < -0.4 is 0 Å². The van der Waals surface area contributed by atoms with Gasteiger partial charge in [-0.2, -0.15) is 10.5 Å². The molecule has 0 atom stereocenters. The minimum Gasteiger partial charge on any atom is -0.294 e. The number of carbonyl (C=O) groups is 1. The fraction of sp³-hybridized carbons (Fsp3) is 0.0833. The van der Waals surface area contributed by atoms with E-state index >= 15 is 0 Å². The van der Waals surface area contributed by atoms with Crippen molar-refractivity contribution in [3.05, 3.63) is 47.6 Å². The van der Waals surface area contributed by atoms with Gasteiger partial charge in [-0.1, -0.05) is 25.3 Å². The lowest BCUT2D eigenvalue weighted by atomic mass is 10.0. The molecular formula is C12H8N2O. The van der Waals surface area contributed by atoms with Crippen molar-refractivity contribution in [2.24, 2.45) is 0 Å². The third kappa shape index (κ3) is 1.63. The van der Waals surface area contributed by atoms with Gasteiger partial charge in [0.25, 0.3) is 0 Å². The van der Waals surface area contributed by atoms with Crippen LogP contribution in [0.1, 0.15) is 6.42 Å². The Morgan fingerprint density at radius 1 is 1.20 bits per heavy atom. The molecule has 1 rings (SSSR count). The monoisotopic (exact) mass is 196 g/mol. The van der Waals surface area contributed by atoms with Crippen molar-refractivity contribution in [1.29, 1.82) is 10.5 Å². The summed E-state index contributed by atoms with van der Waals surface area (Å²) in [7, 11) is 0. The number of ketones is 1. The lowest BCUT2D eigenvalue weighted by Crippen LogP contribution is -1.92. The maximum absolute atomic E-state index is 11.5. The quantitative estimate of drug-likeness (QED) is 0.634. The van der Waals surface area contributed by atoms with Crippen LogP contribution in [0.25, 0.3) is 0 Å². The maximum atomic E-state index is 11.5. The maximum Gasteiger partial charge on any atom is 0.167 e. The zero-order valence-corrected chi connectivity index (χ0v) is 8.08. The minimum atomic E-state index is -0.127. The molecule has 1 aliphatic rings. The molecule has 0 unspecified atom stereocenters. The second kappa shape index (κ2) is 4.21. The Bertz CT molecular complexity index is 477. The minimum absolute atomic E-state index is 0.0323. The second-order valence-corrected chi connectivity index (χ2v) is 2.91. The zero-order valence-electron chi connectivity index (χ0n) is 8.08. The molecule has 0 saturated heterocycles. The standard InChI is InChI=1S/C12H8N2O/c1-3-9-10(4-2)12(15)5-11(9)8(6-13)7-14/h3-4H,1-2,5H2. The van der Waals surface area contributed by atoms with Gasteiger partial charge < -0.3 is 0 Å². The average Bonchev–Trinajstić information content (AvgIpc) is 2.56. The predicted octanol–water partition coefficient (Wildman–Crippen LogP) is 1.97. The number of Topliss-reactive ketones (excluding diaryl/α,β-unsaturated/α-hetero) is 1. The van der Waals surface area contributed by atoms with Gasteiger partial charge in [-0.25, -0.2) is 0 Å². The Morgan fingerprint density at radius 3 is 2.13 bits per heavy atom. The van der Waals surface area contributed by atoms with Gasteiger partial charge in [-0.3, -0.25) is 4.79 Å². The van der Waals surface area contributed by atoms with Crippen molar-refractivity contribution in [1.82, 2.24) is 0 Å². The Hall–Kier alpha value is -2.39. The van der Waals surface area contributed by atoms with Gasteiger partial charge in [0.15, 0.2) is 5.78 Å². The molecule has 0 aromatic heterocycles. The fourth-order valence-corrected chi connectivity index (χ4v) is 1.50. The van der Waals surface area contributed by atoms with Crippen LogP contribution >= 0.6 is 0 Å². The summed E-state index contributed by atoms with van der Waals surface area (Å²) in [5.74, 6) is -0.127. The van der Waals surface area contributed by atoms with E-state index < -0.39 is 0 Å². The van der Waals surface area contributed by atoms with Gasteiger partial charge >= 0.3 is 0 Å². The molecule has 3 nitrogen and oxygen atoms in total. The molecular weight excluding hydrogens is 188 g/mol. The molecule has 72 valence electrons. The topological polar surface area (TPSA) is 64.7 Å². The Balaban J connectivity index is 3.50. The van der Waals surface area contributed by atoms with Crippen LogP contribution in [0.2, 0.25) is 0 Å². The normalized spacial score (nSPS) is 14.5. The van der Waals surface area contributed by atoms with E-state index in [0.717, 1.165) is 0 Å². The third-order valence-corrected chi connectivity index (χ3v) is 2.19. The summed E-state index contributed by atoms with van der Waals surface area (Å²) in [6.07, 6.45) is 2.99. The molecule has 0 aliphatic heterocycles. The summed E-state index contributed by atoms with van der Waals surface area (Å²) >= 11 is 0. The molecule has 15 heavy (non-hydrogen) atoms. The van der Waals surface area contributed by atoms with E-state index in [-0.39, 0.29) is 17.8 Å². The highest BCUT2D eigenvalue weighted by Gasteiger charge is 2.26. The molecule has 1 aliphatic carbocycles. The van der Waals surface area contributed by atoms with E-state index in [1.807, 2.05) is 0 Å². The Labute approximate surface area is 87.9 Å². The summed E-state index contributed by atoms with van der Waals surface area (Å²) in [6, 6.07) is 3.55. The van der Waals surface area contributed by atoms with E-state index in [2.05, 4.69) is 13.2 Å². The van der Waals surface area contributed by atoms with Crippen molar-refractivity contribution in [2.45, 2.75) is 6.42 Å². The van der Waals surface area contributed by atoms with E-state index in [1.165, 1.54) is 12.2 Å². The molecule has 0 radical (unpaired) electrons. The lowest BCUT2D eigenvalue weighted by molar-refractivity contribution is -0.114. The van der Waals surface area contributed by atoms with Crippen molar-refractivity contribution in [2.75, 3.05) is 0 Å². The van der Waals surface area contributed by atoms with Gasteiger partial charge in [-0.05, 0) is 11.1 Å². The van der Waals surface area contributed by atoms with Crippen LogP contribution in [0.15, 0.2) is 47.6 Å². The second-order valence-electron chi connectivity index (χ2n) is 2.91. The van der Waals surface area contributed by atoms with Crippen LogP contribution in [0.5, 0.6) is 0 Å². The van der Waals surface area contributed by atoms with Crippen molar-refractivity contribution in [3.63, 3.8) is 0 Å². The number of hydrogen-bond donors (Lipinski definition) is 0. The number of nitrogens with zero attached hydrogens (tertiary/aromatic N) is 2. The molecule has 0 fully saturated rings. The number of rotatable bonds is 2. The number of hydrogen-bond acceptors (Lipinski definition) is 3. The first-order valence-electron chi connectivity index (χ1n) is 4.25. The van der Waals surface area contributed by atoms with Crippen molar-refractivity contribution in [3.8, 4) is 12.1 Å². The number of carbonyl (C=O) groups excluding carboxylic acids is 1. The molecule has 0 N–H and O–H groups in total. The van der Waals surface area contributed by atoms with E-state index in [0.29, 0.717) is 16.7 Å². The molecule has 0 bridgehead atoms. The van der Waals surface area contributed by atoms with E-state index in [4.69, 9.17) is 10.5 Å². The summed E-state index contributed by atoms with van der Waals surface area (Å²) in [5, 5.41) is 17.4. The summed E-state index contributed by atoms with van der Waals surface area (Å²) < 4.78 is 0. The SMILES string of the molecule is C=CC1=C(C=C)C(=C(C#N)C#N)CC1=O. The largest absolute Gasteiger partial charge is 0.294 e. The third-order valence-electron chi connectivity index (χ3n) is 2.19. The smallest absolute Gasteiger partial charge is 0.167 e. The van der Waals surface area contributed by atoms with Crippen LogP contribution in [0.3, 0.4) is 0 Å². The molecule has 3 heteroatoms. The number of nitriles is 2. The first-order chi connectivity index (χ1) is 7.19. The lowest BCUT2D eigenvalue weighted by Gasteiger charge is -1.97. The van der Waals surface area contributed by atoms with Gasteiger partial charge in [0.2, 0.25) is 0 Å². The zero-order chi connectivity index (χ0) is 11.4. The molecule has 0 aromatic carbocycles. The van der Waals surface area contributed by atoms with Crippen LogP contribution in [-0.4, -0.2) is 5.78 Å². The summed E-state index contributed by atoms with van der Waals surface area (Å²) in [4.78, 5) is 11.5. The summed E-state index contributed by atoms with van der Waals surface area (Å²) in [6.45, 7) is 7.09.